The fraction of sp³-hybridized carbons (Fsp3) is 0.667. The Morgan fingerprint density at radius 3 is 2.14 bits per heavy atom. The van der Waals surface area contributed by atoms with Crippen molar-refractivity contribution in [3.05, 3.63) is 54.1 Å². The molecule has 0 spiro atoms. The zero-order chi connectivity index (χ0) is 20.6. The van der Waals surface area contributed by atoms with E-state index in [2.05, 4.69) is 66.1 Å². The van der Waals surface area contributed by atoms with E-state index < -0.39 is 0 Å². The highest BCUT2D eigenvalue weighted by molar-refractivity contribution is 5.14. The fourth-order valence-electron chi connectivity index (χ4n) is 4.49. The second-order valence-electron chi connectivity index (χ2n) is 8.73. The normalized spacial score (nSPS) is 12.3. The van der Waals surface area contributed by atoms with Crippen molar-refractivity contribution in [2.75, 3.05) is 0 Å². The van der Waals surface area contributed by atoms with Crippen molar-refractivity contribution in [2.45, 2.75) is 116 Å². The molecule has 0 saturated heterocycles. The summed E-state index contributed by atoms with van der Waals surface area (Å²) in [5.41, 5.74) is 1.45. The molecule has 1 atom stereocenters. The van der Waals surface area contributed by atoms with Gasteiger partial charge >= 0.3 is 0 Å². The number of imidazole rings is 1. The van der Waals surface area contributed by atoms with Crippen molar-refractivity contribution < 1.29 is 4.57 Å². The summed E-state index contributed by atoms with van der Waals surface area (Å²) in [5, 5.41) is 0. The number of H-pyrrole nitrogens is 1. The molecule has 0 aliphatic carbocycles. The summed E-state index contributed by atoms with van der Waals surface area (Å²) in [6, 6.07) is 10.9. The molecule has 0 aliphatic rings. The monoisotopic (exact) mass is 397 g/mol. The van der Waals surface area contributed by atoms with Gasteiger partial charge in [0.2, 0.25) is 0 Å². The third-order valence-corrected chi connectivity index (χ3v) is 6.18. The first-order valence-electron chi connectivity index (χ1n) is 12.5. The lowest BCUT2D eigenvalue weighted by atomic mass is 9.95. The number of hydrogen-bond donors (Lipinski definition) is 1. The van der Waals surface area contributed by atoms with Crippen molar-refractivity contribution in [1.29, 1.82) is 0 Å². The number of aromatic nitrogens is 2. The molecule has 29 heavy (non-hydrogen) atoms. The van der Waals surface area contributed by atoms with Crippen LogP contribution < -0.4 is 4.57 Å². The predicted octanol–water partition coefficient (Wildman–Crippen LogP) is 7.74. The van der Waals surface area contributed by atoms with Crippen LogP contribution in [0.25, 0.3) is 0 Å². The summed E-state index contributed by atoms with van der Waals surface area (Å²) in [5.74, 6) is 2.15. The van der Waals surface area contributed by atoms with Gasteiger partial charge < -0.3 is 0 Å². The van der Waals surface area contributed by atoms with E-state index in [4.69, 9.17) is 0 Å². The van der Waals surface area contributed by atoms with Crippen LogP contribution in [0.5, 0.6) is 0 Å². The molecule has 0 aliphatic heterocycles. The van der Waals surface area contributed by atoms with Crippen LogP contribution in [0, 0.1) is 0 Å². The van der Waals surface area contributed by atoms with Gasteiger partial charge in [0, 0.05) is 0 Å². The van der Waals surface area contributed by atoms with Crippen LogP contribution in [-0.4, -0.2) is 4.98 Å². The Morgan fingerprint density at radius 1 is 0.759 bits per heavy atom. The van der Waals surface area contributed by atoms with Crippen molar-refractivity contribution in [3.8, 4) is 0 Å². The standard InChI is InChI=1S/C27H44N2/c1-3-5-6-7-8-9-10-11-15-21-26(17-4-2)27-28-22-24-29(27)23-16-20-25-18-13-12-14-19-25/h12-14,18-19,22,24,26H,3-11,15-17,20-21,23H2,1-2H3/p+1/t26-/m0/s1. The van der Waals surface area contributed by atoms with Gasteiger partial charge in [-0.05, 0) is 31.2 Å². The third-order valence-electron chi connectivity index (χ3n) is 6.18. The first kappa shape index (κ1) is 23.7. The molecule has 2 nitrogen and oxygen atoms in total. The summed E-state index contributed by atoms with van der Waals surface area (Å²) in [4.78, 5) is 3.58. The number of hydrogen-bond acceptors (Lipinski definition) is 0. The largest absolute Gasteiger partial charge is 0.257 e. The molecule has 2 aromatic rings. The smallest absolute Gasteiger partial charge is 0.247 e. The fourth-order valence-corrected chi connectivity index (χ4v) is 4.49. The number of nitrogens with one attached hydrogen (secondary N) is 1. The minimum atomic E-state index is 0.691. The number of nitrogens with zero attached hydrogens (tertiary/aromatic N) is 1. The highest BCUT2D eigenvalue weighted by Gasteiger charge is 2.21. The van der Waals surface area contributed by atoms with E-state index in [0.29, 0.717) is 5.92 Å². The summed E-state index contributed by atoms with van der Waals surface area (Å²) < 4.78 is 2.48. The Hall–Kier alpha value is -1.57. The van der Waals surface area contributed by atoms with E-state index in [-0.39, 0.29) is 0 Å². The molecule has 162 valence electrons. The summed E-state index contributed by atoms with van der Waals surface area (Å²) in [6.07, 6.45) is 23.4. The number of benzene rings is 1. The topological polar surface area (TPSA) is 19.7 Å². The average Bonchev–Trinajstić information content (AvgIpc) is 3.21. The van der Waals surface area contributed by atoms with E-state index in [1.165, 1.54) is 94.9 Å². The van der Waals surface area contributed by atoms with Crippen molar-refractivity contribution in [1.82, 2.24) is 4.98 Å². The van der Waals surface area contributed by atoms with Crippen molar-refractivity contribution >= 4 is 0 Å². The van der Waals surface area contributed by atoms with Crippen molar-refractivity contribution in [2.24, 2.45) is 0 Å². The molecule has 0 fully saturated rings. The van der Waals surface area contributed by atoms with Crippen LogP contribution in [0.15, 0.2) is 42.7 Å². The predicted molar refractivity (Wildman–Crippen MR) is 125 cm³/mol. The van der Waals surface area contributed by atoms with E-state index in [1.54, 1.807) is 0 Å². The molecule has 1 aromatic heterocycles. The Bertz CT molecular complexity index is 616. The minimum absolute atomic E-state index is 0.691. The van der Waals surface area contributed by atoms with Gasteiger partial charge in [0.1, 0.15) is 12.4 Å². The lowest BCUT2D eigenvalue weighted by molar-refractivity contribution is -0.704. The van der Waals surface area contributed by atoms with Crippen LogP contribution in [0.2, 0.25) is 0 Å². The highest BCUT2D eigenvalue weighted by Crippen LogP contribution is 2.24. The Kier molecular flexibility index (Phi) is 12.5. The molecule has 0 bridgehead atoms. The van der Waals surface area contributed by atoms with Gasteiger partial charge in [-0.25, -0.2) is 9.55 Å². The Labute approximate surface area is 180 Å². The number of aryl methyl sites for hydroxylation is 2. The maximum atomic E-state index is 3.58. The van der Waals surface area contributed by atoms with Crippen LogP contribution in [0.1, 0.15) is 115 Å². The maximum Gasteiger partial charge on any atom is 0.257 e. The molecule has 0 saturated carbocycles. The molecular formula is C27H45N2+. The van der Waals surface area contributed by atoms with Gasteiger partial charge in [-0.15, -0.1) is 0 Å². The molecule has 2 rings (SSSR count). The first-order chi connectivity index (χ1) is 14.3. The van der Waals surface area contributed by atoms with Crippen LogP contribution in [0.3, 0.4) is 0 Å². The third kappa shape index (κ3) is 9.65. The molecule has 0 amide bonds. The Balaban J connectivity index is 1.70. The van der Waals surface area contributed by atoms with Crippen LogP contribution >= 0.6 is 0 Å². The molecule has 1 heterocycles. The second-order valence-corrected chi connectivity index (χ2v) is 8.73. The van der Waals surface area contributed by atoms with Gasteiger partial charge in [0.25, 0.3) is 5.82 Å². The summed E-state index contributed by atoms with van der Waals surface area (Å²) >= 11 is 0. The molecule has 1 N–H and O–H groups in total. The lowest BCUT2D eigenvalue weighted by Gasteiger charge is -2.13. The SMILES string of the molecule is CCCCCCCCCCC[C@H](CCC)c1[nH]cc[n+]1CCCc1ccccc1. The lowest BCUT2D eigenvalue weighted by Crippen LogP contribution is -2.37. The van der Waals surface area contributed by atoms with Crippen LogP contribution in [0.4, 0.5) is 0 Å². The van der Waals surface area contributed by atoms with Gasteiger partial charge in [0.05, 0.1) is 12.5 Å². The molecule has 2 heteroatoms. The van der Waals surface area contributed by atoms with Gasteiger partial charge in [-0.2, -0.15) is 0 Å². The summed E-state index contributed by atoms with van der Waals surface area (Å²) in [6.45, 7) is 5.74. The number of unbranched alkanes of at least 4 members (excludes halogenated alkanes) is 8. The van der Waals surface area contributed by atoms with Crippen LogP contribution in [-0.2, 0) is 13.0 Å². The number of aromatic amines is 1. The number of rotatable bonds is 17. The average molecular weight is 398 g/mol. The quantitative estimate of drug-likeness (QED) is 0.208. The van der Waals surface area contributed by atoms with E-state index >= 15 is 0 Å². The van der Waals surface area contributed by atoms with Gasteiger partial charge in [-0.3, -0.25) is 0 Å². The van der Waals surface area contributed by atoms with E-state index in [9.17, 15) is 0 Å². The van der Waals surface area contributed by atoms with E-state index in [0.717, 1.165) is 13.0 Å². The molecule has 0 radical (unpaired) electrons. The summed E-state index contributed by atoms with van der Waals surface area (Å²) in [7, 11) is 0. The van der Waals surface area contributed by atoms with Crippen molar-refractivity contribution in [3.63, 3.8) is 0 Å². The Morgan fingerprint density at radius 2 is 1.45 bits per heavy atom. The zero-order valence-electron chi connectivity index (χ0n) is 19.2. The van der Waals surface area contributed by atoms with Gasteiger partial charge in [-0.1, -0.05) is 108 Å². The minimum Gasteiger partial charge on any atom is -0.247 e. The molecule has 1 aromatic carbocycles. The second kappa shape index (κ2) is 15.3. The highest BCUT2D eigenvalue weighted by atomic mass is 15.1. The molecular weight excluding hydrogens is 352 g/mol. The molecule has 0 unspecified atom stereocenters. The van der Waals surface area contributed by atoms with E-state index in [1.807, 2.05) is 0 Å². The maximum absolute atomic E-state index is 3.58. The van der Waals surface area contributed by atoms with Gasteiger partial charge in [0.15, 0.2) is 0 Å². The zero-order valence-corrected chi connectivity index (χ0v) is 19.2. The first-order valence-corrected chi connectivity index (χ1v) is 12.5.